The minimum Gasteiger partial charge on any atom is -0.462 e. The number of hydrogen-bond acceptors (Lipinski definition) is 15. The van der Waals surface area contributed by atoms with Crippen molar-refractivity contribution in [2.75, 3.05) is 39.6 Å². The fourth-order valence-corrected chi connectivity index (χ4v) is 12.3. The number of esters is 4. The number of ether oxygens (including phenoxy) is 4. The van der Waals surface area contributed by atoms with E-state index in [-0.39, 0.29) is 25.7 Å². The summed E-state index contributed by atoms with van der Waals surface area (Å²) in [4.78, 5) is 72.5. The summed E-state index contributed by atoms with van der Waals surface area (Å²) in [5.41, 5.74) is 0. The van der Waals surface area contributed by atoms with Crippen molar-refractivity contribution >= 4 is 39.5 Å². The highest BCUT2D eigenvalue weighted by atomic mass is 31.2. The van der Waals surface area contributed by atoms with E-state index < -0.39 is 97.5 Å². The molecule has 0 aliphatic rings. The maximum Gasteiger partial charge on any atom is 0.472 e. The first-order valence-corrected chi connectivity index (χ1v) is 40.1. The molecule has 0 aliphatic carbocycles. The molecule has 90 heavy (non-hydrogen) atoms. The molecule has 0 aliphatic heterocycles. The minimum atomic E-state index is -4.95. The number of phosphoric ester groups is 2. The lowest BCUT2D eigenvalue weighted by Gasteiger charge is -2.21. The summed E-state index contributed by atoms with van der Waals surface area (Å²) in [6.45, 7) is 9.53. The van der Waals surface area contributed by atoms with Crippen LogP contribution in [-0.2, 0) is 65.4 Å². The predicted molar refractivity (Wildman–Crippen MR) is 363 cm³/mol. The molecule has 0 heterocycles. The van der Waals surface area contributed by atoms with Crippen LogP contribution in [-0.4, -0.2) is 96.7 Å². The number of hydrogen-bond donors (Lipinski definition) is 3. The SMILES string of the molecule is CCCCCCCCCCCCCCCCCCCCC(=O)O[C@H](COC(=O)CCCCCCCCCCC(C)CC)COP(=O)(O)OC[C@@H](O)COP(=O)(O)OC[C@@H](COC(=O)CCCCCCCCCC)OC(=O)CCCCCCCCCCC(C)CC. The van der Waals surface area contributed by atoms with Gasteiger partial charge in [0.2, 0.25) is 0 Å². The average molecular weight is 1330 g/mol. The lowest BCUT2D eigenvalue weighted by molar-refractivity contribution is -0.161. The standard InChI is InChI=1S/C71H138O17P2/c1-7-11-13-15-17-19-20-21-22-23-24-25-26-27-28-37-43-49-55-70(75)87-67(60-82-69(74)54-48-42-36-31-29-33-39-45-51-63(5)9-3)62-86-90(79,80)84-58-65(72)57-83-89(77,78)85-61-66(59-81-68(73)53-47-41-35-18-16-14-12-8-2)88-71(76)56-50-44-38-32-30-34-40-46-52-64(6)10-4/h63-67,72H,7-62H2,1-6H3,(H,77,78)(H,79,80)/t63?,64?,65-,66+,67+/m0/s1. The van der Waals surface area contributed by atoms with Crippen LogP contribution in [0.3, 0.4) is 0 Å². The number of aliphatic hydroxyl groups is 1. The van der Waals surface area contributed by atoms with E-state index in [1.807, 2.05) is 0 Å². The van der Waals surface area contributed by atoms with E-state index in [2.05, 4.69) is 41.5 Å². The fraction of sp³-hybridized carbons (Fsp3) is 0.944. The smallest absolute Gasteiger partial charge is 0.462 e. The normalized spacial score (nSPS) is 14.7. The van der Waals surface area contributed by atoms with Crippen LogP contribution in [0.25, 0.3) is 0 Å². The zero-order valence-corrected chi connectivity index (χ0v) is 60.2. The molecule has 4 unspecified atom stereocenters. The molecule has 0 saturated carbocycles. The summed E-state index contributed by atoms with van der Waals surface area (Å²) in [5, 5.41) is 10.6. The van der Waals surface area contributed by atoms with Gasteiger partial charge in [0.05, 0.1) is 26.4 Å². The second-order valence-corrected chi connectivity index (χ2v) is 29.0. The van der Waals surface area contributed by atoms with Gasteiger partial charge in [0, 0.05) is 25.7 Å². The second-order valence-electron chi connectivity index (χ2n) is 26.1. The molecule has 0 amide bonds. The minimum absolute atomic E-state index is 0.105. The lowest BCUT2D eigenvalue weighted by Crippen LogP contribution is -2.30. The third kappa shape index (κ3) is 62.2. The fourth-order valence-electron chi connectivity index (χ4n) is 10.7. The molecule has 0 aromatic heterocycles. The van der Waals surface area contributed by atoms with Gasteiger partial charge in [-0.2, -0.15) is 0 Å². The Balaban J connectivity index is 5.21. The van der Waals surface area contributed by atoms with E-state index in [4.69, 9.17) is 37.0 Å². The Morgan fingerprint density at radius 1 is 0.311 bits per heavy atom. The van der Waals surface area contributed by atoms with Crippen LogP contribution in [0.15, 0.2) is 0 Å². The highest BCUT2D eigenvalue weighted by molar-refractivity contribution is 7.47. The third-order valence-corrected chi connectivity index (χ3v) is 19.1. The van der Waals surface area contributed by atoms with Gasteiger partial charge >= 0.3 is 39.5 Å². The number of rotatable bonds is 70. The molecule has 0 saturated heterocycles. The Morgan fingerprint density at radius 3 is 0.789 bits per heavy atom. The molecule has 534 valence electrons. The molecular formula is C71H138O17P2. The third-order valence-electron chi connectivity index (χ3n) is 17.2. The van der Waals surface area contributed by atoms with E-state index in [0.29, 0.717) is 25.7 Å². The molecule has 7 atom stereocenters. The molecule has 0 spiro atoms. The predicted octanol–water partition coefficient (Wildman–Crippen LogP) is 20.4. The van der Waals surface area contributed by atoms with Crippen molar-refractivity contribution in [2.45, 2.75) is 381 Å². The molecule has 0 fully saturated rings. The Kier molecular flexibility index (Phi) is 61.8. The van der Waals surface area contributed by atoms with Crippen molar-refractivity contribution in [1.29, 1.82) is 0 Å². The van der Waals surface area contributed by atoms with Crippen molar-refractivity contribution in [1.82, 2.24) is 0 Å². The van der Waals surface area contributed by atoms with Crippen molar-refractivity contribution < 1.29 is 80.2 Å². The summed E-state index contributed by atoms with van der Waals surface area (Å²) in [5.74, 6) is -0.579. The van der Waals surface area contributed by atoms with Gasteiger partial charge in [-0.25, -0.2) is 9.13 Å². The summed E-state index contributed by atoms with van der Waals surface area (Å²) in [6.07, 6.45) is 48.6. The Hall–Kier alpha value is -1.94. The summed E-state index contributed by atoms with van der Waals surface area (Å²) in [6, 6.07) is 0. The summed E-state index contributed by atoms with van der Waals surface area (Å²) in [7, 11) is -9.90. The molecule has 0 aromatic rings. The first-order valence-electron chi connectivity index (χ1n) is 37.1. The topological polar surface area (TPSA) is 237 Å². The van der Waals surface area contributed by atoms with Gasteiger partial charge in [0.25, 0.3) is 0 Å². The number of phosphoric acid groups is 2. The molecule has 0 aromatic carbocycles. The van der Waals surface area contributed by atoms with E-state index in [1.165, 1.54) is 173 Å². The van der Waals surface area contributed by atoms with Crippen LogP contribution in [0.4, 0.5) is 0 Å². The van der Waals surface area contributed by atoms with E-state index >= 15 is 0 Å². The number of carbonyl (C=O) groups excluding carboxylic acids is 4. The highest BCUT2D eigenvalue weighted by Gasteiger charge is 2.30. The Morgan fingerprint density at radius 2 is 0.533 bits per heavy atom. The van der Waals surface area contributed by atoms with Crippen LogP contribution in [0, 0.1) is 11.8 Å². The van der Waals surface area contributed by atoms with Crippen molar-refractivity contribution in [3.63, 3.8) is 0 Å². The van der Waals surface area contributed by atoms with Gasteiger partial charge in [-0.15, -0.1) is 0 Å². The van der Waals surface area contributed by atoms with Crippen LogP contribution < -0.4 is 0 Å². The van der Waals surface area contributed by atoms with Gasteiger partial charge < -0.3 is 33.8 Å². The van der Waals surface area contributed by atoms with Crippen molar-refractivity contribution in [3.8, 4) is 0 Å². The quantitative estimate of drug-likeness (QED) is 0.0222. The number of aliphatic hydroxyl groups excluding tert-OH is 1. The van der Waals surface area contributed by atoms with Gasteiger partial charge in [0.1, 0.15) is 19.3 Å². The van der Waals surface area contributed by atoms with Gasteiger partial charge in [0.15, 0.2) is 12.2 Å². The van der Waals surface area contributed by atoms with Crippen molar-refractivity contribution in [3.05, 3.63) is 0 Å². The molecule has 3 N–H and O–H groups in total. The van der Waals surface area contributed by atoms with Gasteiger partial charge in [-0.3, -0.25) is 37.3 Å². The summed E-state index contributed by atoms with van der Waals surface area (Å²) >= 11 is 0. The first kappa shape index (κ1) is 88.1. The molecule has 17 nitrogen and oxygen atoms in total. The van der Waals surface area contributed by atoms with E-state index in [0.717, 1.165) is 108 Å². The lowest BCUT2D eigenvalue weighted by atomic mass is 9.99. The second kappa shape index (κ2) is 63.1. The van der Waals surface area contributed by atoms with Crippen LogP contribution >= 0.6 is 15.6 Å². The Labute approximate surface area is 549 Å². The van der Waals surface area contributed by atoms with Crippen LogP contribution in [0.2, 0.25) is 0 Å². The number of carbonyl (C=O) groups is 4. The molecule has 0 radical (unpaired) electrons. The molecule has 19 heteroatoms. The van der Waals surface area contributed by atoms with Gasteiger partial charge in [-0.1, -0.05) is 311 Å². The molecule has 0 bridgehead atoms. The molecular weight excluding hydrogens is 1190 g/mol. The average Bonchev–Trinajstić information content (AvgIpc) is 3.72. The largest absolute Gasteiger partial charge is 0.472 e. The van der Waals surface area contributed by atoms with Crippen molar-refractivity contribution in [2.24, 2.45) is 11.8 Å². The van der Waals surface area contributed by atoms with Crippen LogP contribution in [0.1, 0.15) is 363 Å². The maximum absolute atomic E-state index is 13.0. The van der Waals surface area contributed by atoms with Crippen LogP contribution in [0.5, 0.6) is 0 Å². The number of unbranched alkanes of at least 4 members (excludes halogenated alkanes) is 38. The maximum atomic E-state index is 13.0. The Bertz CT molecular complexity index is 1760. The zero-order chi connectivity index (χ0) is 66.5. The van der Waals surface area contributed by atoms with E-state index in [9.17, 15) is 43.2 Å². The first-order chi connectivity index (χ1) is 43.4. The monoisotopic (exact) mass is 1320 g/mol. The molecule has 0 rings (SSSR count). The van der Waals surface area contributed by atoms with E-state index in [1.54, 1.807) is 0 Å². The zero-order valence-electron chi connectivity index (χ0n) is 58.4. The highest BCUT2D eigenvalue weighted by Crippen LogP contribution is 2.45. The summed E-state index contributed by atoms with van der Waals surface area (Å²) < 4.78 is 68.3. The van der Waals surface area contributed by atoms with Gasteiger partial charge in [-0.05, 0) is 37.5 Å².